The van der Waals surface area contributed by atoms with E-state index in [0.29, 0.717) is 0 Å². The van der Waals surface area contributed by atoms with Gasteiger partial charge in [-0.25, -0.2) is 0 Å². The second-order valence-electron chi connectivity index (χ2n) is 16.7. The van der Waals surface area contributed by atoms with Crippen molar-refractivity contribution in [2.45, 2.75) is 19.3 Å². The van der Waals surface area contributed by atoms with E-state index in [0.717, 1.165) is 0 Å². The van der Waals surface area contributed by atoms with E-state index in [4.69, 9.17) is 0 Å². The van der Waals surface area contributed by atoms with Crippen LogP contribution >= 0.6 is 0 Å². The van der Waals surface area contributed by atoms with Gasteiger partial charge in [-0.15, -0.1) is 0 Å². The maximum atomic E-state index is 2.48. The molecule has 0 nitrogen and oxygen atoms in total. The van der Waals surface area contributed by atoms with E-state index in [9.17, 15) is 0 Å². The highest BCUT2D eigenvalue weighted by Crippen LogP contribution is 2.54. The SMILES string of the molecule is CC1(C)c2cc(-c3cccc4c(-c5ccc6c7c(cccc57)-c5ccccc5-6)cccc34)ccc2-c2ccc(-c3ccc4c5c(cccc35)-c3ccccc3-4)cc21. The highest BCUT2D eigenvalue weighted by molar-refractivity contribution is 6.21. The molecule has 3 aliphatic rings. The Bertz CT molecular complexity index is 3370. The molecule has 0 saturated carbocycles. The summed E-state index contributed by atoms with van der Waals surface area (Å²) in [6, 6.07) is 68.7. The van der Waals surface area contributed by atoms with Crippen molar-refractivity contribution in [1.82, 2.24) is 0 Å². The molecular formula is C57H36. The van der Waals surface area contributed by atoms with Crippen molar-refractivity contribution in [3.05, 3.63) is 193 Å². The Balaban J connectivity index is 0.914. The van der Waals surface area contributed by atoms with Gasteiger partial charge in [0.2, 0.25) is 0 Å². The Kier molecular flexibility index (Phi) is 6.06. The van der Waals surface area contributed by atoms with Crippen molar-refractivity contribution in [3.8, 4) is 89.0 Å². The molecule has 0 amide bonds. The predicted molar refractivity (Wildman–Crippen MR) is 242 cm³/mol. The van der Waals surface area contributed by atoms with Crippen LogP contribution in [0.2, 0.25) is 0 Å². The minimum absolute atomic E-state index is 0.153. The monoisotopic (exact) mass is 720 g/mol. The summed E-state index contributed by atoms with van der Waals surface area (Å²) < 4.78 is 0. The summed E-state index contributed by atoms with van der Waals surface area (Å²) in [6.45, 7) is 4.81. The first-order chi connectivity index (χ1) is 28.0. The Morgan fingerprint density at radius 2 is 0.561 bits per heavy atom. The van der Waals surface area contributed by atoms with Gasteiger partial charge in [0.25, 0.3) is 0 Å². The first-order valence-electron chi connectivity index (χ1n) is 20.2. The molecule has 0 aromatic heterocycles. The number of fused-ring (bicyclic) bond motifs is 10. The lowest BCUT2D eigenvalue weighted by molar-refractivity contribution is 0.661. The van der Waals surface area contributed by atoms with Gasteiger partial charge in [-0.3, -0.25) is 0 Å². The summed E-state index contributed by atoms with van der Waals surface area (Å²) in [4.78, 5) is 0. The molecule has 0 spiro atoms. The van der Waals surface area contributed by atoms with Gasteiger partial charge >= 0.3 is 0 Å². The van der Waals surface area contributed by atoms with E-state index in [2.05, 4.69) is 196 Å². The second-order valence-corrected chi connectivity index (χ2v) is 16.7. The zero-order chi connectivity index (χ0) is 37.6. The first kappa shape index (κ1) is 31.2. The minimum atomic E-state index is -0.153. The maximum Gasteiger partial charge on any atom is 0.0159 e. The summed E-state index contributed by atoms with van der Waals surface area (Å²) in [5.74, 6) is 0. The molecular weight excluding hydrogens is 685 g/mol. The zero-order valence-electron chi connectivity index (χ0n) is 31.8. The lowest BCUT2D eigenvalue weighted by atomic mass is 9.80. The molecule has 0 fully saturated rings. The Morgan fingerprint density at radius 1 is 0.246 bits per heavy atom. The normalized spacial score (nSPS) is 13.6. The van der Waals surface area contributed by atoms with Crippen LogP contribution in [0, 0.1) is 0 Å². The fourth-order valence-corrected chi connectivity index (χ4v) is 11.0. The number of hydrogen-bond acceptors (Lipinski definition) is 0. The minimum Gasteiger partial charge on any atom is -0.0616 e. The van der Waals surface area contributed by atoms with Gasteiger partial charge in [0.05, 0.1) is 0 Å². The Morgan fingerprint density at radius 3 is 1.09 bits per heavy atom. The average Bonchev–Trinajstić information content (AvgIpc) is 3.85. The molecule has 0 heteroatoms. The molecule has 57 heavy (non-hydrogen) atoms. The standard InChI is InChI=1S/C57H36/c1-57(2)53-31-33(23-25-45(53)46-26-24-34(32-54(46)57)36-27-29-51-42-13-5-3-11-40(42)48-20-9-19-47(36)55(48)51)35-15-7-17-38-37(35)16-8-18-39(38)44-28-30-52-43-14-6-4-12-41(43)49-21-10-22-50(44)56(49)52/h3-32H,1-2H3. The summed E-state index contributed by atoms with van der Waals surface area (Å²) >= 11 is 0. The maximum absolute atomic E-state index is 2.48. The third kappa shape index (κ3) is 4.07. The quantitative estimate of drug-likeness (QED) is 0.170. The number of rotatable bonds is 3. The van der Waals surface area contributed by atoms with Gasteiger partial charge in [-0.2, -0.15) is 0 Å². The van der Waals surface area contributed by atoms with E-state index in [1.54, 1.807) is 0 Å². The third-order valence-corrected chi connectivity index (χ3v) is 13.6. The second kappa shape index (κ2) is 11.1. The molecule has 0 atom stereocenters. The molecule has 0 saturated heterocycles. The predicted octanol–water partition coefficient (Wildman–Crippen LogP) is 15.7. The van der Waals surface area contributed by atoms with Gasteiger partial charge in [0.1, 0.15) is 0 Å². The molecule has 13 rings (SSSR count). The smallest absolute Gasteiger partial charge is 0.0159 e. The van der Waals surface area contributed by atoms with Crippen LogP contribution < -0.4 is 0 Å². The average molecular weight is 721 g/mol. The van der Waals surface area contributed by atoms with Gasteiger partial charge < -0.3 is 0 Å². The van der Waals surface area contributed by atoms with E-state index in [1.165, 1.54) is 132 Å². The molecule has 10 aromatic rings. The Hall–Kier alpha value is -7.02. The van der Waals surface area contributed by atoms with Crippen molar-refractivity contribution in [1.29, 1.82) is 0 Å². The van der Waals surface area contributed by atoms with E-state index >= 15 is 0 Å². The van der Waals surface area contributed by atoms with Crippen LogP contribution in [0.5, 0.6) is 0 Å². The van der Waals surface area contributed by atoms with Gasteiger partial charge in [-0.1, -0.05) is 184 Å². The van der Waals surface area contributed by atoms with Crippen LogP contribution in [0.3, 0.4) is 0 Å². The molecule has 0 N–H and O–H groups in total. The van der Waals surface area contributed by atoms with Crippen molar-refractivity contribution < 1.29 is 0 Å². The topological polar surface area (TPSA) is 0 Å². The molecule has 0 heterocycles. The van der Waals surface area contributed by atoms with Gasteiger partial charge in [-0.05, 0) is 145 Å². The van der Waals surface area contributed by atoms with Crippen molar-refractivity contribution in [2.24, 2.45) is 0 Å². The lowest BCUT2D eigenvalue weighted by Gasteiger charge is -2.23. The molecule has 264 valence electrons. The van der Waals surface area contributed by atoms with Crippen LogP contribution in [0.1, 0.15) is 25.0 Å². The van der Waals surface area contributed by atoms with Crippen LogP contribution in [-0.4, -0.2) is 0 Å². The first-order valence-corrected chi connectivity index (χ1v) is 20.2. The van der Waals surface area contributed by atoms with Crippen molar-refractivity contribution >= 4 is 32.3 Å². The highest BCUT2D eigenvalue weighted by Gasteiger charge is 2.36. The third-order valence-electron chi connectivity index (χ3n) is 13.6. The Labute approximate surface area is 332 Å². The molecule has 0 aliphatic heterocycles. The van der Waals surface area contributed by atoms with Crippen LogP contribution in [-0.2, 0) is 5.41 Å². The lowest BCUT2D eigenvalue weighted by Crippen LogP contribution is -2.15. The van der Waals surface area contributed by atoms with Crippen molar-refractivity contribution in [2.75, 3.05) is 0 Å². The summed E-state index contributed by atoms with van der Waals surface area (Å²) in [6.07, 6.45) is 0. The molecule has 3 aliphatic carbocycles. The molecule has 0 bridgehead atoms. The number of hydrogen-bond donors (Lipinski definition) is 0. The summed E-state index contributed by atoms with van der Waals surface area (Å²) in [5.41, 5.74) is 23.7. The van der Waals surface area contributed by atoms with Gasteiger partial charge in [0.15, 0.2) is 0 Å². The van der Waals surface area contributed by atoms with Crippen LogP contribution in [0.15, 0.2) is 182 Å². The van der Waals surface area contributed by atoms with Crippen LogP contribution in [0.4, 0.5) is 0 Å². The summed E-state index contributed by atoms with van der Waals surface area (Å²) in [7, 11) is 0. The van der Waals surface area contributed by atoms with E-state index in [1.807, 2.05) is 0 Å². The fraction of sp³-hybridized carbons (Fsp3) is 0.0526. The molecule has 0 radical (unpaired) electrons. The van der Waals surface area contributed by atoms with Gasteiger partial charge in [0, 0.05) is 5.41 Å². The van der Waals surface area contributed by atoms with E-state index in [-0.39, 0.29) is 5.41 Å². The fourth-order valence-electron chi connectivity index (χ4n) is 11.0. The molecule has 10 aromatic carbocycles. The van der Waals surface area contributed by atoms with E-state index < -0.39 is 0 Å². The highest BCUT2D eigenvalue weighted by atomic mass is 14.4. The van der Waals surface area contributed by atoms with Crippen LogP contribution in [0.25, 0.3) is 121 Å². The summed E-state index contributed by atoms with van der Waals surface area (Å²) in [5, 5.41) is 7.96. The molecule has 0 unspecified atom stereocenters. The zero-order valence-corrected chi connectivity index (χ0v) is 31.8. The number of benzene rings is 10. The largest absolute Gasteiger partial charge is 0.0616 e. The van der Waals surface area contributed by atoms with Crippen molar-refractivity contribution in [3.63, 3.8) is 0 Å².